The lowest BCUT2D eigenvalue weighted by atomic mass is 10.1. The highest BCUT2D eigenvalue weighted by molar-refractivity contribution is 8.00. The molecule has 3 aromatic rings. The Morgan fingerprint density at radius 1 is 1.12 bits per heavy atom. The number of rotatable bonds is 5. The quantitative estimate of drug-likeness (QED) is 0.501. The maximum atomic E-state index is 12.4. The highest BCUT2D eigenvalue weighted by Crippen LogP contribution is 2.22. The van der Waals surface area contributed by atoms with Crippen LogP contribution in [0.15, 0.2) is 52.9 Å². The number of hydrogen-bond acceptors (Lipinski definition) is 6. The van der Waals surface area contributed by atoms with Gasteiger partial charge in [-0.05, 0) is 67.0 Å². The standard InChI is InChI=1S/C17H14N4O2S3/c1-25-16-20-21(17(24)26-16)13-8-4-11(5-9-13)15(23)19-12-6-2-10(3-7-12)14(18)22/h2-9H,1H3,(H2,18,22)(H,19,23). The minimum atomic E-state index is -0.510. The number of nitrogens with two attached hydrogens (primary N) is 1. The van der Waals surface area contributed by atoms with Gasteiger partial charge >= 0.3 is 0 Å². The van der Waals surface area contributed by atoms with Crippen molar-refractivity contribution in [3.05, 3.63) is 63.6 Å². The van der Waals surface area contributed by atoms with E-state index in [4.69, 9.17) is 18.0 Å². The lowest BCUT2D eigenvalue weighted by Crippen LogP contribution is -2.13. The molecule has 0 aliphatic rings. The van der Waals surface area contributed by atoms with E-state index in [2.05, 4.69) is 10.4 Å². The lowest BCUT2D eigenvalue weighted by Gasteiger charge is -2.07. The van der Waals surface area contributed by atoms with Gasteiger partial charge in [-0.15, -0.1) is 5.10 Å². The topological polar surface area (TPSA) is 90.0 Å². The summed E-state index contributed by atoms with van der Waals surface area (Å²) < 4.78 is 3.22. The van der Waals surface area contributed by atoms with Gasteiger partial charge in [0.1, 0.15) is 0 Å². The predicted octanol–water partition coefficient (Wildman–Crippen LogP) is 3.74. The van der Waals surface area contributed by atoms with Crippen LogP contribution in [0.5, 0.6) is 0 Å². The summed E-state index contributed by atoms with van der Waals surface area (Å²) in [6, 6.07) is 13.4. The van der Waals surface area contributed by atoms with Gasteiger partial charge in [0.2, 0.25) is 5.91 Å². The second-order valence-corrected chi connectivity index (χ2v) is 7.87. The number of hydrogen-bond donors (Lipinski definition) is 2. The van der Waals surface area contributed by atoms with Crippen molar-refractivity contribution in [1.82, 2.24) is 9.78 Å². The average molecular weight is 403 g/mol. The second kappa shape index (κ2) is 7.81. The number of carbonyl (C=O) groups excluding carboxylic acids is 2. The number of carbonyl (C=O) groups is 2. The molecule has 0 atom stereocenters. The third-order valence-corrected chi connectivity index (χ3v) is 5.71. The van der Waals surface area contributed by atoms with Gasteiger partial charge in [-0.1, -0.05) is 23.1 Å². The summed E-state index contributed by atoms with van der Waals surface area (Å²) in [6.45, 7) is 0. The van der Waals surface area contributed by atoms with E-state index in [0.29, 0.717) is 20.8 Å². The van der Waals surface area contributed by atoms with Crippen molar-refractivity contribution in [1.29, 1.82) is 0 Å². The van der Waals surface area contributed by atoms with Gasteiger partial charge in [0.05, 0.1) is 5.69 Å². The highest BCUT2D eigenvalue weighted by atomic mass is 32.2. The van der Waals surface area contributed by atoms with E-state index in [1.165, 1.54) is 23.1 Å². The van der Waals surface area contributed by atoms with Crippen LogP contribution in [0.2, 0.25) is 0 Å². The Bertz CT molecular complexity index is 1010. The molecule has 0 radical (unpaired) electrons. The molecule has 26 heavy (non-hydrogen) atoms. The maximum Gasteiger partial charge on any atom is 0.255 e. The normalized spacial score (nSPS) is 10.5. The van der Waals surface area contributed by atoms with Crippen molar-refractivity contribution in [3.8, 4) is 5.69 Å². The maximum absolute atomic E-state index is 12.4. The Hall–Kier alpha value is -2.49. The molecule has 0 bridgehead atoms. The van der Waals surface area contributed by atoms with Gasteiger partial charge in [0.25, 0.3) is 5.91 Å². The zero-order valence-electron chi connectivity index (χ0n) is 13.6. The number of anilines is 1. The van der Waals surface area contributed by atoms with Crippen LogP contribution < -0.4 is 11.1 Å². The van der Waals surface area contributed by atoms with E-state index >= 15 is 0 Å². The molecule has 132 valence electrons. The van der Waals surface area contributed by atoms with Crippen molar-refractivity contribution in [2.24, 2.45) is 5.73 Å². The van der Waals surface area contributed by atoms with Crippen molar-refractivity contribution < 1.29 is 9.59 Å². The number of aromatic nitrogens is 2. The van der Waals surface area contributed by atoms with Crippen LogP contribution in [0, 0.1) is 3.95 Å². The van der Waals surface area contributed by atoms with Gasteiger partial charge in [-0.25, -0.2) is 4.68 Å². The summed E-state index contributed by atoms with van der Waals surface area (Å²) in [5.74, 6) is -0.765. The van der Waals surface area contributed by atoms with Gasteiger partial charge in [-0.2, -0.15) is 0 Å². The van der Waals surface area contributed by atoms with Gasteiger partial charge in [0, 0.05) is 16.8 Å². The van der Waals surface area contributed by atoms with E-state index in [0.717, 1.165) is 10.0 Å². The molecule has 0 saturated carbocycles. The molecule has 9 heteroatoms. The number of thioether (sulfide) groups is 1. The molecule has 0 spiro atoms. The smallest absolute Gasteiger partial charge is 0.255 e. The highest BCUT2D eigenvalue weighted by Gasteiger charge is 2.09. The average Bonchev–Trinajstić information content (AvgIpc) is 3.03. The first-order chi connectivity index (χ1) is 12.5. The molecule has 3 N–H and O–H groups in total. The third-order valence-electron chi connectivity index (χ3n) is 3.51. The van der Waals surface area contributed by atoms with E-state index in [9.17, 15) is 9.59 Å². The fourth-order valence-electron chi connectivity index (χ4n) is 2.18. The summed E-state index contributed by atoms with van der Waals surface area (Å²) in [5, 5.41) is 7.19. The first kappa shape index (κ1) is 18.3. The van der Waals surface area contributed by atoms with Gasteiger partial charge in [-0.3, -0.25) is 9.59 Å². The fourth-order valence-corrected chi connectivity index (χ4v) is 3.96. The molecule has 1 heterocycles. The van der Waals surface area contributed by atoms with E-state index in [1.807, 2.05) is 6.26 Å². The second-order valence-electron chi connectivity index (χ2n) is 5.19. The Balaban J connectivity index is 1.75. The van der Waals surface area contributed by atoms with Crippen LogP contribution in [0.3, 0.4) is 0 Å². The number of nitrogens with zero attached hydrogens (tertiary/aromatic N) is 2. The third kappa shape index (κ3) is 4.01. The zero-order valence-corrected chi connectivity index (χ0v) is 16.1. The SMILES string of the molecule is CSc1nn(-c2ccc(C(=O)Nc3ccc(C(N)=O)cc3)cc2)c(=S)s1. The lowest BCUT2D eigenvalue weighted by molar-refractivity contribution is 0.0998. The molecule has 1 aromatic heterocycles. The predicted molar refractivity (Wildman–Crippen MR) is 107 cm³/mol. The molecular weight excluding hydrogens is 388 g/mol. The first-order valence-corrected chi connectivity index (χ1v) is 9.88. The van der Waals surface area contributed by atoms with E-state index in [-0.39, 0.29) is 5.91 Å². The van der Waals surface area contributed by atoms with Gasteiger partial charge < -0.3 is 11.1 Å². The minimum Gasteiger partial charge on any atom is -0.366 e. The number of benzene rings is 2. The molecule has 0 aliphatic heterocycles. The molecule has 0 unspecified atom stereocenters. The van der Waals surface area contributed by atoms with Crippen LogP contribution in [-0.2, 0) is 0 Å². The summed E-state index contributed by atoms with van der Waals surface area (Å²) in [5.41, 5.74) is 7.46. The first-order valence-electron chi connectivity index (χ1n) is 7.44. The van der Waals surface area contributed by atoms with Crippen LogP contribution in [0.1, 0.15) is 20.7 Å². The zero-order chi connectivity index (χ0) is 18.7. The summed E-state index contributed by atoms with van der Waals surface area (Å²) in [4.78, 5) is 23.4. The Morgan fingerprint density at radius 3 is 2.27 bits per heavy atom. The van der Waals surface area contributed by atoms with Crippen molar-refractivity contribution >= 4 is 52.8 Å². The molecule has 0 aliphatic carbocycles. The molecule has 2 aromatic carbocycles. The summed E-state index contributed by atoms with van der Waals surface area (Å²) in [7, 11) is 0. The number of nitrogens with one attached hydrogen (secondary N) is 1. The molecule has 2 amide bonds. The van der Waals surface area contributed by atoms with Crippen molar-refractivity contribution in [2.45, 2.75) is 4.34 Å². The molecular formula is C17H14N4O2S3. The van der Waals surface area contributed by atoms with Crippen LogP contribution in [0.4, 0.5) is 5.69 Å². The minimum absolute atomic E-state index is 0.255. The van der Waals surface area contributed by atoms with Crippen LogP contribution >= 0.6 is 35.3 Å². The summed E-state index contributed by atoms with van der Waals surface area (Å²) >= 11 is 8.29. The Morgan fingerprint density at radius 2 is 1.73 bits per heavy atom. The largest absolute Gasteiger partial charge is 0.366 e. The Kier molecular flexibility index (Phi) is 5.50. The molecule has 0 fully saturated rings. The fraction of sp³-hybridized carbons (Fsp3) is 0.0588. The van der Waals surface area contributed by atoms with Crippen molar-refractivity contribution in [2.75, 3.05) is 11.6 Å². The van der Waals surface area contributed by atoms with Crippen molar-refractivity contribution in [3.63, 3.8) is 0 Å². The number of primary amides is 1. The van der Waals surface area contributed by atoms with Crippen LogP contribution in [-0.4, -0.2) is 27.9 Å². The molecule has 0 saturated heterocycles. The molecule has 3 rings (SSSR count). The monoisotopic (exact) mass is 402 g/mol. The van der Waals surface area contributed by atoms with Gasteiger partial charge in [0.15, 0.2) is 8.29 Å². The molecule has 6 nitrogen and oxygen atoms in total. The number of amides is 2. The Labute approximate surface area is 163 Å². The van der Waals surface area contributed by atoms with Crippen LogP contribution in [0.25, 0.3) is 5.69 Å². The van der Waals surface area contributed by atoms with E-state index in [1.54, 1.807) is 53.2 Å². The van der Waals surface area contributed by atoms with E-state index < -0.39 is 5.91 Å². The summed E-state index contributed by atoms with van der Waals surface area (Å²) in [6.07, 6.45) is 1.95.